The molecule has 1 aliphatic heterocycles. The van der Waals surface area contributed by atoms with Gasteiger partial charge in [0, 0.05) is 5.56 Å². The molecule has 1 heterocycles. The van der Waals surface area contributed by atoms with E-state index in [1.54, 1.807) is 0 Å². The van der Waals surface area contributed by atoms with Crippen LogP contribution in [-0.4, -0.2) is 11.7 Å². The van der Waals surface area contributed by atoms with Crippen LogP contribution in [0.15, 0.2) is 47.3 Å². The van der Waals surface area contributed by atoms with E-state index in [2.05, 4.69) is 6.07 Å². The lowest BCUT2D eigenvalue weighted by atomic mass is 9.93. The van der Waals surface area contributed by atoms with Gasteiger partial charge in [0.1, 0.15) is 6.10 Å². The van der Waals surface area contributed by atoms with Crippen LogP contribution >= 0.6 is 0 Å². The van der Waals surface area contributed by atoms with E-state index in [4.69, 9.17) is 4.74 Å². The molecule has 22 heavy (non-hydrogen) atoms. The minimum absolute atomic E-state index is 0.214. The van der Waals surface area contributed by atoms with Crippen LogP contribution in [0.3, 0.4) is 0 Å². The highest BCUT2D eigenvalue weighted by Gasteiger charge is 2.25. The Labute approximate surface area is 130 Å². The molecule has 1 unspecified atom stereocenters. The van der Waals surface area contributed by atoms with Gasteiger partial charge in [-0.3, -0.25) is 4.79 Å². The summed E-state index contributed by atoms with van der Waals surface area (Å²) in [5.74, 6) is 0.0144. The second kappa shape index (κ2) is 5.93. The molecule has 0 amide bonds. The number of benzene rings is 1. The van der Waals surface area contributed by atoms with Gasteiger partial charge in [0.2, 0.25) is 5.43 Å². The van der Waals surface area contributed by atoms with E-state index in [1.165, 1.54) is 11.6 Å². The summed E-state index contributed by atoms with van der Waals surface area (Å²) >= 11 is 0. The maximum absolute atomic E-state index is 12.2. The third kappa shape index (κ3) is 2.64. The van der Waals surface area contributed by atoms with E-state index in [9.17, 15) is 9.90 Å². The minimum atomic E-state index is -0.384. The van der Waals surface area contributed by atoms with Crippen molar-refractivity contribution in [3.05, 3.63) is 74.9 Å². The van der Waals surface area contributed by atoms with Crippen LogP contribution in [-0.2, 0) is 11.2 Å². The van der Waals surface area contributed by atoms with Gasteiger partial charge in [-0.25, -0.2) is 0 Å². The Morgan fingerprint density at radius 3 is 2.68 bits per heavy atom. The average Bonchev–Trinajstić information content (AvgIpc) is 2.67. The van der Waals surface area contributed by atoms with E-state index in [-0.39, 0.29) is 23.2 Å². The lowest BCUT2D eigenvalue weighted by Crippen LogP contribution is -2.17. The maximum atomic E-state index is 12.2. The number of ether oxygens (including phenoxy) is 1. The Morgan fingerprint density at radius 1 is 1.14 bits per heavy atom. The van der Waals surface area contributed by atoms with Crippen molar-refractivity contribution in [1.82, 2.24) is 0 Å². The number of hydrogen-bond acceptors (Lipinski definition) is 3. The molecule has 1 aliphatic rings. The zero-order chi connectivity index (χ0) is 15.7. The summed E-state index contributed by atoms with van der Waals surface area (Å²) in [7, 11) is 0. The molecule has 114 valence electrons. The Morgan fingerprint density at radius 2 is 1.91 bits per heavy atom. The second-order valence-electron chi connectivity index (χ2n) is 6.00. The summed E-state index contributed by atoms with van der Waals surface area (Å²) in [5, 5.41) is 10.3. The predicted octanol–water partition coefficient (Wildman–Crippen LogP) is 3.54. The molecule has 1 N–H and O–H groups in total. The molecule has 1 atom stereocenters. The molecule has 3 heteroatoms. The lowest BCUT2D eigenvalue weighted by molar-refractivity contribution is 0.0682. The summed E-state index contributed by atoms with van der Waals surface area (Å²) < 4.78 is 5.87. The molecule has 3 rings (SSSR count). The summed E-state index contributed by atoms with van der Waals surface area (Å²) in [5.41, 5.74) is 3.34. The largest absolute Gasteiger partial charge is 0.504 e. The Balaban J connectivity index is 2.16. The maximum Gasteiger partial charge on any atom is 0.220 e. The zero-order valence-corrected chi connectivity index (χ0v) is 12.9. The first-order valence-electron chi connectivity index (χ1n) is 7.64. The van der Waals surface area contributed by atoms with Gasteiger partial charge in [0.25, 0.3) is 0 Å². The van der Waals surface area contributed by atoms with Crippen LogP contribution in [0.5, 0.6) is 5.75 Å². The molecule has 0 radical (unpaired) electrons. The molecule has 0 spiro atoms. The first-order valence-corrected chi connectivity index (χ1v) is 7.64. The highest BCUT2D eigenvalue weighted by Crippen LogP contribution is 2.35. The smallest absolute Gasteiger partial charge is 0.220 e. The van der Waals surface area contributed by atoms with E-state index in [0.29, 0.717) is 12.2 Å². The number of fused-ring (bicyclic) bond motifs is 1. The standard InChI is InChI=1S/C19H20O3/c1-12(2)14-7-8-16(18(21)17(20)11-14)19-15-6-4-3-5-13(15)9-10-22-19/h3-8,11-12,19H,9-10H2,1-2H3,(H,20,21). The van der Waals surface area contributed by atoms with Gasteiger partial charge in [0.05, 0.1) is 6.61 Å². The molecule has 2 aromatic rings. The zero-order valence-electron chi connectivity index (χ0n) is 12.9. The molecule has 2 aromatic carbocycles. The molecular formula is C19H20O3. The van der Waals surface area contributed by atoms with E-state index in [1.807, 2.05) is 44.2 Å². The summed E-state index contributed by atoms with van der Waals surface area (Å²) in [4.78, 5) is 12.2. The van der Waals surface area contributed by atoms with Gasteiger partial charge in [-0.05, 0) is 35.1 Å². The third-order valence-electron chi connectivity index (χ3n) is 4.20. The van der Waals surface area contributed by atoms with Crippen molar-refractivity contribution in [3.8, 4) is 5.75 Å². The van der Waals surface area contributed by atoms with E-state index in [0.717, 1.165) is 17.5 Å². The van der Waals surface area contributed by atoms with Gasteiger partial charge in [-0.1, -0.05) is 50.2 Å². The molecule has 0 aliphatic carbocycles. The summed E-state index contributed by atoms with van der Waals surface area (Å²) in [6.07, 6.45) is 0.471. The fourth-order valence-electron chi connectivity index (χ4n) is 2.90. The van der Waals surface area contributed by atoms with Crippen molar-refractivity contribution in [2.45, 2.75) is 32.3 Å². The molecule has 0 aromatic heterocycles. The third-order valence-corrected chi connectivity index (χ3v) is 4.20. The highest BCUT2D eigenvalue weighted by atomic mass is 16.5. The SMILES string of the molecule is CC(C)c1ccc(C2OCCc3ccccc32)c(O)c(=O)c1. The van der Waals surface area contributed by atoms with Crippen molar-refractivity contribution in [1.29, 1.82) is 0 Å². The van der Waals surface area contributed by atoms with Gasteiger partial charge in [-0.15, -0.1) is 0 Å². The number of aromatic hydroxyl groups is 1. The molecular weight excluding hydrogens is 276 g/mol. The van der Waals surface area contributed by atoms with Crippen LogP contribution in [0.25, 0.3) is 0 Å². The Bertz CT molecular complexity index is 750. The van der Waals surface area contributed by atoms with Gasteiger partial charge < -0.3 is 9.84 Å². The number of rotatable bonds is 2. The Kier molecular flexibility index (Phi) is 3.99. The first-order chi connectivity index (χ1) is 10.6. The van der Waals surface area contributed by atoms with Crippen LogP contribution in [0.4, 0.5) is 0 Å². The van der Waals surface area contributed by atoms with Crippen LogP contribution in [0.2, 0.25) is 0 Å². The summed E-state index contributed by atoms with van der Waals surface area (Å²) in [6.45, 7) is 4.64. The normalized spacial score (nSPS) is 17.3. The minimum Gasteiger partial charge on any atom is -0.504 e. The lowest BCUT2D eigenvalue weighted by Gasteiger charge is -2.26. The molecule has 0 fully saturated rings. The molecule has 0 saturated heterocycles. The predicted molar refractivity (Wildman–Crippen MR) is 86.4 cm³/mol. The molecule has 0 saturated carbocycles. The van der Waals surface area contributed by atoms with Gasteiger partial charge in [0.15, 0.2) is 5.75 Å². The van der Waals surface area contributed by atoms with Crippen molar-refractivity contribution in [2.75, 3.05) is 6.61 Å². The monoisotopic (exact) mass is 296 g/mol. The topological polar surface area (TPSA) is 46.5 Å². The fourth-order valence-corrected chi connectivity index (χ4v) is 2.90. The quantitative estimate of drug-likeness (QED) is 0.922. The second-order valence-corrected chi connectivity index (χ2v) is 6.00. The van der Waals surface area contributed by atoms with Gasteiger partial charge >= 0.3 is 0 Å². The highest BCUT2D eigenvalue weighted by molar-refractivity contribution is 5.44. The Hall–Kier alpha value is -2.13. The van der Waals surface area contributed by atoms with Crippen molar-refractivity contribution in [2.24, 2.45) is 0 Å². The number of hydrogen-bond donors (Lipinski definition) is 1. The average molecular weight is 296 g/mol. The van der Waals surface area contributed by atoms with Gasteiger partial charge in [-0.2, -0.15) is 0 Å². The first kappa shape index (κ1) is 14.8. The van der Waals surface area contributed by atoms with E-state index < -0.39 is 0 Å². The summed E-state index contributed by atoms with van der Waals surface area (Å²) in [6, 6.07) is 13.3. The fraction of sp³-hybridized carbons (Fsp3) is 0.316. The van der Waals surface area contributed by atoms with Crippen LogP contribution < -0.4 is 5.43 Å². The van der Waals surface area contributed by atoms with Crippen molar-refractivity contribution >= 4 is 0 Å². The molecule has 0 bridgehead atoms. The van der Waals surface area contributed by atoms with Crippen LogP contribution in [0.1, 0.15) is 48.1 Å². The molecule has 3 nitrogen and oxygen atoms in total. The van der Waals surface area contributed by atoms with Crippen molar-refractivity contribution < 1.29 is 9.84 Å². The van der Waals surface area contributed by atoms with E-state index >= 15 is 0 Å². The van der Waals surface area contributed by atoms with Crippen LogP contribution in [0, 0.1) is 0 Å². The van der Waals surface area contributed by atoms with Crippen molar-refractivity contribution in [3.63, 3.8) is 0 Å².